The Kier molecular flexibility index (Phi) is 5.52. The van der Waals surface area contributed by atoms with Crippen molar-refractivity contribution < 1.29 is 17.9 Å². The number of nitrogens with one attached hydrogen (secondary N) is 1. The van der Waals surface area contributed by atoms with Crippen molar-refractivity contribution in [2.24, 2.45) is 0 Å². The van der Waals surface area contributed by atoms with Crippen molar-refractivity contribution >= 4 is 15.8 Å². The number of rotatable bonds is 6. The number of methoxy groups -OCH3 is 1. The van der Waals surface area contributed by atoms with Gasteiger partial charge in [-0.15, -0.1) is 0 Å². The smallest absolute Gasteiger partial charge is 0.244 e. The van der Waals surface area contributed by atoms with Crippen LogP contribution < -0.4 is 10.1 Å². The average molecular weight is 363 g/mol. The molecule has 2 aromatic rings. The normalized spacial score (nSPS) is 15.7. The fourth-order valence-electron chi connectivity index (χ4n) is 2.51. The minimum absolute atomic E-state index is 0.199. The third-order valence-corrected chi connectivity index (χ3v) is 5.86. The summed E-state index contributed by atoms with van der Waals surface area (Å²) in [6, 6.07) is 11.0. The van der Waals surface area contributed by atoms with Crippen molar-refractivity contribution in [3.05, 3.63) is 48.2 Å². The van der Waals surface area contributed by atoms with Gasteiger partial charge in [-0.1, -0.05) is 12.1 Å². The fraction of sp³-hybridized carbons (Fsp3) is 0.353. The molecule has 3 rings (SSSR count). The number of hydrogen-bond acceptors (Lipinski definition) is 6. The summed E-state index contributed by atoms with van der Waals surface area (Å²) >= 11 is 0. The molecule has 8 heteroatoms. The number of sulfonamides is 1. The van der Waals surface area contributed by atoms with Crippen LogP contribution >= 0.6 is 0 Å². The van der Waals surface area contributed by atoms with E-state index in [1.807, 2.05) is 24.3 Å². The molecule has 1 fully saturated rings. The SMILES string of the molecule is COc1ccc(CNc2ccc(S(=O)(=O)N3CCOCC3)cn2)cc1. The van der Waals surface area contributed by atoms with Crippen molar-refractivity contribution in [2.75, 3.05) is 38.7 Å². The average Bonchev–Trinajstić information content (AvgIpc) is 2.68. The van der Waals surface area contributed by atoms with Gasteiger partial charge >= 0.3 is 0 Å². The van der Waals surface area contributed by atoms with Crippen LogP contribution in [0.15, 0.2) is 47.5 Å². The number of pyridine rings is 1. The van der Waals surface area contributed by atoms with Crippen LogP contribution in [0.3, 0.4) is 0 Å². The molecule has 1 saturated heterocycles. The van der Waals surface area contributed by atoms with Gasteiger partial charge < -0.3 is 14.8 Å². The van der Waals surface area contributed by atoms with Crippen molar-refractivity contribution in [3.8, 4) is 5.75 Å². The molecular formula is C17H21N3O4S. The number of aromatic nitrogens is 1. The lowest BCUT2D eigenvalue weighted by Gasteiger charge is -2.25. The van der Waals surface area contributed by atoms with E-state index in [0.717, 1.165) is 11.3 Å². The van der Waals surface area contributed by atoms with Crippen LogP contribution in [-0.2, 0) is 21.3 Å². The molecule has 2 heterocycles. The lowest BCUT2D eigenvalue weighted by atomic mass is 10.2. The molecular weight excluding hydrogens is 342 g/mol. The highest BCUT2D eigenvalue weighted by Crippen LogP contribution is 2.18. The van der Waals surface area contributed by atoms with Crippen molar-refractivity contribution in [2.45, 2.75) is 11.4 Å². The van der Waals surface area contributed by atoms with Crippen molar-refractivity contribution in [3.63, 3.8) is 0 Å². The molecule has 0 radical (unpaired) electrons. The summed E-state index contributed by atoms with van der Waals surface area (Å²) in [7, 11) is -1.88. The number of benzene rings is 1. The second-order valence-electron chi connectivity index (χ2n) is 5.60. The van der Waals surface area contributed by atoms with E-state index in [1.54, 1.807) is 19.2 Å². The van der Waals surface area contributed by atoms with Crippen LogP contribution in [0.4, 0.5) is 5.82 Å². The molecule has 0 amide bonds. The first-order valence-corrected chi connectivity index (χ1v) is 9.44. The first-order valence-electron chi connectivity index (χ1n) is 8.00. The van der Waals surface area contributed by atoms with Crippen LogP contribution in [0.25, 0.3) is 0 Å². The largest absolute Gasteiger partial charge is 0.497 e. The minimum atomic E-state index is -3.50. The molecule has 25 heavy (non-hydrogen) atoms. The maximum atomic E-state index is 12.5. The maximum Gasteiger partial charge on any atom is 0.244 e. The van der Waals surface area contributed by atoms with Crippen LogP contribution in [0.2, 0.25) is 0 Å². The zero-order chi connectivity index (χ0) is 17.7. The highest BCUT2D eigenvalue weighted by Gasteiger charge is 2.26. The van der Waals surface area contributed by atoms with E-state index in [4.69, 9.17) is 9.47 Å². The standard InChI is InChI=1S/C17H21N3O4S/c1-23-15-4-2-14(3-5-15)12-18-17-7-6-16(13-19-17)25(21,22)20-8-10-24-11-9-20/h2-7,13H,8-12H2,1H3,(H,18,19). The Labute approximate surface area is 147 Å². The van der Waals surface area contributed by atoms with Gasteiger partial charge in [0, 0.05) is 25.8 Å². The summed E-state index contributed by atoms with van der Waals surface area (Å²) in [5.41, 5.74) is 1.08. The Morgan fingerprint density at radius 3 is 2.48 bits per heavy atom. The summed E-state index contributed by atoms with van der Waals surface area (Å²) in [4.78, 5) is 4.41. The molecule has 134 valence electrons. The van der Waals surface area contributed by atoms with Crippen molar-refractivity contribution in [1.29, 1.82) is 0 Å². The van der Waals surface area contributed by atoms with Crippen LogP contribution in [0.1, 0.15) is 5.56 Å². The monoisotopic (exact) mass is 363 g/mol. The predicted octanol–water partition coefficient (Wildman–Crippen LogP) is 1.72. The van der Waals surface area contributed by atoms with Crippen LogP contribution in [0.5, 0.6) is 5.75 Å². The van der Waals surface area contributed by atoms with E-state index in [9.17, 15) is 8.42 Å². The topological polar surface area (TPSA) is 80.8 Å². The molecule has 1 N–H and O–H groups in total. The quantitative estimate of drug-likeness (QED) is 0.842. The van der Waals surface area contributed by atoms with E-state index in [-0.39, 0.29) is 4.90 Å². The second kappa shape index (κ2) is 7.81. The number of nitrogens with zero attached hydrogens (tertiary/aromatic N) is 2. The molecule has 7 nitrogen and oxygen atoms in total. The molecule has 1 aromatic heterocycles. The summed E-state index contributed by atoms with van der Waals surface area (Å²) in [6.07, 6.45) is 1.39. The van der Waals surface area contributed by atoms with Gasteiger partial charge in [0.05, 0.1) is 20.3 Å². The van der Waals surface area contributed by atoms with Gasteiger partial charge in [-0.2, -0.15) is 4.31 Å². The molecule has 0 atom stereocenters. The molecule has 0 unspecified atom stereocenters. The van der Waals surface area contributed by atoms with Gasteiger partial charge in [0.1, 0.15) is 16.5 Å². The van der Waals surface area contributed by atoms with Gasteiger partial charge in [-0.25, -0.2) is 13.4 Å². The lowest BCUT2D eigenvalue weighted by Crippen LogP contribution is -2.40. The first-order chi connectivity index (χ1) is 12.1. The summed E-state index contributed by atoms with van der Waals surface area (Å²) < 4.78 is 36.8. The molecule has 0 saturated carbocycles. The van der Waals surface area contributed by atoms with Gasteiger partial charge in [0.2, 0.25) is 10.0 Å². The van der Waals surface area contributed by atoms with E-state index in [2.05, 4.69) is 10.3 Å². The molecule has 0 spiro atoms. The molecule has 0 aliphatic carbocycles. The molecule has 1 aliphatic heterocycles. The van der Waals surface area contributed by atoms with Gasteiger partial charge in [0.25, 0.3) is 0 Å². The van der Waals surface area contributed by atoms with Crippen LogP contribution in [0, 0.1) is 0 Å². The number of hydrogen-bond donors (Lipinski definition) is 1. The predicted molar refractivity (Wildman–Crippen MR) is 94.1 cm³/mol. The van der Waals surface area contributed by atoms with Gasteiger partial charge in [0.15, 0.2) is 0 Å². The maximum absolute atomic E-state index is 12.5. The number of morpholine rings is 1. The molecule has 1 aliphatic rings. The zero-order valence-electron chi connectivity index (χ0n) is 14.0. The Morgan fingerprint density at radius 2 is 1.88 bits per heavy atom. The van der Waals surface area contributed by atoms with Gasteiger partial charge in [-0.05, 0) is 29.8 Å². The van der Waals surface area contributed by atoms with Crippen LogP contribution in [-0.4, -0.2) is 51.1 Å². The molecule has 1 aromatic carbocycles. The summed E-state index contributed by atoms with van der Waals surface area (Å²) in [5, 5.41) is 3.18. The Balaban J connectivity index is 1.63. The Hall–Kier alpha value is -2.16. The summed E-state index contributed by atoms with van der Waals surface area (Å²) in [5.74, 6) is 1.43. The highest BCUT2D eigenvalue weighted by molar-refractivity contribution is 7.89. The zero-order valence-corrected chi connectivity index (χ0v) is 14.8. The molecule has 0 bridgehead atoms. The fourth-order valence-corrected chi connectivity index (χ4v) is 3.86. The third kappa shape index (κ3) is 4.28. The van der Waals surface area contributed by atoms with E-state index in [1.165, 1.54) is 10.5 Å². The van der Waals surface area contributed by atoms with Gasteiger partial charge in [-0.3, -0.25) is 0 Å². The van der Waals surface area contributed by atoms with E-state index in [0.29, 0.717) is 38.7 Å². The first kappa shape index (κ1) is 17.7. The lowest BCUT2D eigenvalue weighted by molar-refractivity contribution is 0.0730. The van der Waals surface area contributed by atoms with E-state index >= 15 is 0 Å². The number of ether oxygens (including phenoxy) is 2. The Bertz CT molecular complexity index is 786. The van der Waals surface area contributed by atoms with Crippen molar-refractivity contribution in [1.82, 2.24) is 9.29 Å². The van der Waals surface area contributed by atoms with E-state index < -0.39 is 10.0 Å². The second-order valence-corrected chi connectivity index (χ2v) is 7.54. The Morgan fingerprint density at radius 1 is 1.16 bits per heavy atom. The third-order valence-electron chi connectivity index (χ3n) is 3.98. The summed E-state index contributed by atoms with van der Waals surface area (Å²) in [6.45, 7) is 2.19. The highest BCUT2D eigenvalue weighted by atomic mass is 32.2. The number of anilines is 1. The minimum Gasteiger partial charge on any atom is -0.497 e.